The van der Waals surface area contributed by atoms with Crippen LogP contribution < -0.4 is 22.5 Å². The predicted molar refractivity (Wildman–Crippen MR) is 54.0 cm³/mol. The largest absolute Gasteiger partial charge is 0.370 e. The molecule has 0 saturated heterocycles. The molecule has 0 bridgehead atoms. The molecule has 0 aromatic carbocycles. The first-order valence-corrected chi connectivity index (χ1v) is 4.53. The molecule has 8 heteroatoms. The zero-order valence-corrected chi connectivity index (χ0v) is 8.04. The number of amides is 2. The lowest BCUT2D eigenvalue weighted by Gasteiger charge is -1.95. The van der Waals surface area contributed by atoms with Crippen molar-refractivity contribution in [3.8, 4) is 0 Å². The van der Waals surface area contributed by atoms with Crippen molar-refractivity contribution in [2.75, 3.05) is 0 Å². The number of hydrogen-bond acceptors (Lipinski definition) is 4. The van der Waals surface area contributed by atoms with Gasteiger partial charge in [0.05, 0.1) is 12.2 Å². The molecule has 0 spiro atoms. The molecular weight excluding hydrogens is 204 g/mol. The fraction of sp³-hybridized carbons (Fsp3) is 0.167. The summed E-state index contributed by atoms with van der Waals surface area (Å²) in [6.07, 6.45) is 0. The van der Waals surface area contributed by atoms with Crippen molar-refractivity contribution in [3.63, 3.8) is 0 Å². The van der Waals surface area contributed by atoms with Crippen molar-refractivity contribution in [2.45, 2.75) is 6.54 Å². The van der Waals surface area contributed by atoms with Crippen molar-refractivity contribution in [1.29, 1.82) is 0 Å². The summed E-state index contributed by atoms with van der Waals surface area (Å²) in [4.78, 5) is 18.1. The van der Waals surface area contributed by atoms with Crippen LogP contribution in [-0.2, 0) is 6.54 Å². The van der Waals surface area contributed by atoms with Gasteiger partial charge < -0.3 is 22.5 Å². The Morgan fingerprint density at radius 2 is 2.29 bits per heavy atom. The topological polar surface area (TPSA) is 132 Å². The van der Waals surface area contributed by atoms with Gasteiger partial charge in [-0.15, -0.1) is 11.3 Å². The second-order valence-corrected chi connectivity index (χ2v) is 3.21. The molecule has 14 heavy (non-hydrogen) atoms. The SMILES string of the molecule is NC(=O)NCc1csc(N=C(N)N)n1. The van der Waals surface area contributed by atoms with E-state index in [2.05, 4.69) is 15.3 Å². The molecule has 76 valence electrons. The van der Waals surface area contributed by atoms with Crippen molar-refractivity contribution < 1.29 is 4.79 Å². The molecule has 0 radical (unpaired) electrons. The highest BCUT2D eigenvalue weighted by Gasteiger charge is 2.01. The van der Waals surface area contributed by atoms with E-state index in [-0.39, 0.29) is 12.5 Å². The van der Waals surface area contributed by atoms with Crippen LogP contribution in [-0.4, -0.2) is 17.0 Å². The monoisotopic (exact) mass is 214 g/mol. The number of carbonyl (C=O) groups is 1. The number of primary amides is 1. The van der Waals surface area contributed by atoms with Gasteiger partial charge in [0.25, 0.3) is 0 Å². The lowest BCUT2D eigenvalue weighted by molar-refractivity contribution is 0.248. The number of nitrogens with zero attached hydrogens (tertiary/aromatic N) is 2. The third-order valence-electron chi connectivity index (χ3n) is 1.21. The van der Waals surface area contributed by atoms with Crippen molar-refractivity contribution >= 4 is 28.5 Å². The van der Waals surface area contributed by atoms with Gasteiger partial charge in [-0.1, -0.05) is 0 Å². The number of rotatable bonds is 3. The second-order valence-electron chi connectivity index (χ2n) is 2.38. The molecule has 1 aromatic rings. The maximum atomic E-state index is 10.4. The van der Waals surface area contributed by atoms with Gasteiger partial charge in [-0.3, -0.25) is 0 Å². The van der Waals surface area contributed by atoms with Gasteiger partial charge >= 0.3 is 6.03 Å². The zero-order valence-electron chi connectivity index (χ0n) is 7.23. The summed E-state index contributed by atoms with van der Waals surface area (Å²) >= 11 is 1.28. The van der Waals surface area contributed by atoms with Crippen LogP contribution in [0.25, 0.3) is 0 Å². The number of nitrogens with two attached hydrogens (primary N) is 3. The number of urea groups is 1. The van der Waals surface area contributed by atoms with Gasteiger partial charge in [0.2, 0.25) is 5.13 Å². The average Bonchev–Trinajstić information content (AvgIpc) is 2.47. The van der Waals surface area contributed by atoms with E-state index in [1.165, 1.54) is 11.3 Å². The highest BCUT2D eigenvalue weighted by atomic mass is 32.1. The van der Waals surface area contributed by atoms with Gasteiger partial charge in [0, 0.05) is 5.38 Å². The maximum Gasteiger partial charge on any atom is 0.312 e. The molecule has 1 rings (SSSR count). The molecule has 1 aromatic heterocycles. The molecule has 0 aliphatic heterocycles. The van der Waals surface area contributed by atoms with Crippen LogP contribution in [0.15, 0.2) is 10.4 Å². The van der Waals surface area contributed by atoms with E-state index in [4.69, 9.17) is 17.2 Å². The normalized spacial score (nSPS) is 9.43. The van der Waals surface area contributed by atoms with Crippen LogP contribution in [0.4, 0.5) is 9.93 Å². The van der Waals surface area contributed by atoms with Crippen LogP contribution >= 0.6 is 11.3 Å². The minimum absolute atomic E-state index is 0.0474. The molecule has 1 heterocycles. The average molecular weight is 214 g/mol. The van der Waals surface area contributed by atoms with Gasteiger partial charge in [-0.25, -0.2) is 9.78 Å². The smallest absolute Gasteiger partial charge is 0.312 e. The first-order chi connectivity index (χ1) is 6.58. The van der Waals surface area contributed by atoms with E-state index >= 15 is 0 Å². The Bertz CT molecular complexity index is 355. The molecule has 0 saturated carbocycles. The van der Waals surface area contributed by atoms with Crippen LogP contribution in [0, 0.1) is 0 Å². The molecule has 0 atom stereocenters. The maximum absolute atomic E-state index is 10.4. The van der Waals surface area contributed by atoms with E-state index in [9.17, 15) is 4.79 Å². The van der Waals surface area contributed by atoms with Gasteiger partial charge in [0.1, 0.15) is 0 Å². The number of guanidine groups is 1. The zero-order chi connectivity index (χ0) is 10.6. The fourth-order valence-corrected chi connectivity index (χ4v) is 1.42. The Labute approximate surface area is 84.0 Å². The molecule has 7 N–H and O–H groups in total. The van der Waals surface area contributed by atoms with Crippen LogP contribution in [0.1, 0.15) is 5.69 Å². The Hall–Kier alpha value is -1.83. The second kappa shape index (κ2) is 4.42. The molecule has 0 unspecified atom stereocenters. The summed E-state index contributed by atoms with van der Waals surface area (Å²) in [7, 11) is 0. The highest BCUT2D eigenvalue weighted by molar-refractivity contribution is 7.13. The quantitative estimate of drug-likeness (QED) is 0.388. The first kappa shape index (κ1) is 10.3. The van der Waals surface area contributed by atoms with E-state index in [0.29, 0.717) is 10.8 Å². The van der Waals surface area contributed by atoms with Crippen molar-refractivity contribution in [1.82, 2.24) is 10.3 Å². The Balaban J connectivity index is 2.59. The number of aromatic nitrogens is 1. The van der Waals surface area contributed by atoms with E-state index in [0.717, 1.165) is 0 Å². The van der Waals surface area contributed by atoms with Gasteiger partial charge in [0.15, 0.2) is 5.96 Å². The molecule has 2 amide bonds. The number of carbonyl (C=O) groups excluding carboxylic acids is 1. The number of hydrogen-bond donors (Lipinski definition) is 4. The van der Waals surface area contributed by atoms with Crippen molar-refractivity contribution in [2.24, 2.45) is 22.2 Å². The molecular formula is C6H10N6OS. The summed E-state index contributed by atoms with van der Waals surface area (Å²) in [6.45, 7) is 0.270. The van der Waals surface area contributed by atoms with E-state index in [1.807, 2.05) is 0 Å². The standard InChI is InChI=1S/C6H10N6OS/c7-4(8)12-6-11-3(2-14-6)1-10-5(9)13/h2H,1H2,(H3,9,10,13)(H4,7,8,11,12). The third kappa shape index (κ3) is 3.27. The van der Waals surface area contributed by atoms with Gasteiger partial charge in [-0.2, -0.15) is 4.99 Å². The molecule has 0 aliphatic rings. The lowest BCUT2D eigenvalue weighted by Crippen LogP contribution is -2.28. The Morgan fingerprint density at radius 1 is 1.57 bits per heavy atom. The van der Waals surface area contributed by atoms with Crippen molar-refractivity contribution in [3.05, 3.63) is 11.1 Å². The first-order valence-electron chi connectivity index (χ1n) is 3.65. The predicted octanol–water partition coefficient (Wildman–Crippen LogP) is -0.784. The minimum Gasteiger partial charge on any atom is -0.370 e. The van der Waals surface area contributed by atoms with Crippen LogP contribution in [0.5, 0.6) is 0 Å². The summed E-state index contributed by atoms with van der Waals surface area (Å²) in [6, 6.07) is -0.596. The lowest BCUT2D eigenvalue weighted by atomic mass is 10.5. The minimum atomic E-state index is -0.596. The number of thiazole rings is 1. The van der Waals surface area contributed by atoms with Crippen LogP contribution in [0.3, 0.4) is 0 Å². The highest BCUT2D eigenvalue weighted by Crippen LogP contribution is 2.17. The summed E-state index contributed by atoms with van der Waals surface area (Å²) in [5.74, 6) is -0.0474. The fourth-order valence-electron chi connectivity index (χ4n) is 0.717. The number of aliphatic imine (C=N–C) groups is 1. The summed E-state index contributed by atoms with van der Waals surface area (Å²) < 4.78 is 0. The van der Waals surface area contributed by atoms with Gasteiger partial charge in [-0.05, 0) is 0 Å². The Kier molecular flexibility index (Phi) is 3.24. The van der Waals surface area contributed by atoms with E-state index < -0.39 is 6.03 Å². The third-order valence-corrected chi connectivity index (χ3v) is 1.99. The number of nitrogens with one attached hydrogen (secondary N) is 1. The Morgan fingerprint density at radius 3 is 2.86 bits per heavy atom. The summed E-state index contributed by atoms with van der Waals surface area (Å²) in [5, 5.41) is 4.58. The van der Waals surface area contributed by atoms with Crippen LogP contribution in [0.2, 0.25) is 0 Å². The van der Waals surface area contributed by atoms with E-state index in [1.54, 1.807) is 5.38 Å². The molecule has 0 fully saturated rings. The molecule has 7 nitrogen and oxygen atoms in total. The molecule has 0 aliphatic carbocycles. The summed E-state index contributed by atoms with van der Waals surface area (Å²) in [5.41, 5.74) is 15.9.